The van der Waals surface area contributed by atoms with Crippen LogP contribution in [0, 0.1) is 0 Å². The third-order valence-corrected chi connectivity index (χ3v) is 5.62. The van der Waals surface area contributed by atoms with Crippen LogP contribution < -0.4 is 4.90 Å². The third kappa shape index (κ3) is 2.88. The summed E-state index contributed by atoms with van der Waals surface area (Å²) in [5, 5.41) is 7.50. The number of carbonyl (C=O) groups is 2. The number of ether oxygens (including phenoxy) is 1. The monoisotopic (exact) mass is 366 g/mol. The Morgan fingerprint density at radius 3 is 2.67 bits per heavy atom. The molecule has 1 aromatic carbocycles. The fourth-order valence-corrected chi connectivity index (χ4v) is 4.18. The number of benzene rings is 1. The number of anilines is 1. The smallest absolute Gasteiger partial charge is 0.255 e. The van der Waals surface area contributed by atoms with Crippen LogP contribution in [0.2, 0.25) is 0 Å². The lowest BCUT2D eigenvalue weighted by atomic mass is 9.73. The molecular weight excluding hydrogens is 344 g/mol. The molecule has 4 rings (SSSR count). The van der Waals surface area contributed by atoms with Gasteiger partial charge in [0.15, 0.2) is 0 Å². The van der Waals surface area contributed by atoms with Crippen LogP contribution in [0.5, 0.6) is 0 Å². The highest BCUT2D eigenvalue weighted by Gasteiger charge is 2.52. The van der Waals surface area contributed by atoms with Crippen molar-refractivity contribution in [2.45, 2.75) is 18.3 Å². The summed E-state index contributed by atoms with van der Waals surface area (Å²) in [6, 6.07) is 9.65. The second-order valence-electron chi connectivity index (χ2n) is 6.97. The number of nitrogens with zero attached hydrogens (tertiary/aromatic N) is 4. The Balaban J connectivity index is 1.57. The Hall–Kier alpha value is -2.80. The molecule has 2 aliphatic heterocycles. The van der Waals surface area contributed by atoms with Crippen LogP contribution in [0.1, 0.15) is 28.8 Å². The molecule has 2 aromatic rings. The van der Waals surface area contributed by atoms with Crippen molar-refractivity contribution < 1.29 is 14.3 Å². The number of fused-ring (bicyclic) bond motifs is 2. The molecule has 0 unspecified atom stereocenters. The van der Waals surface area contributed by atoms with Gasteiger partial charge in [-0.15, -0.1) is 0 Å². The number of aromatic nitrogens is 2. The summed E-state index contributed by atoms with van der Waals surface area (Å²) >= 11 is 0. The first kappa shape index (κ1) is 17.6. The lowest BCUT2D eigenvalue weighted by molar-refractivity contribution is -0.124. The van der Waals surface area contributed by atoms with E-state index in [0.29, 0.717) is 44.6 Å². The molecule has 0 N–H and O–H groups in total. The van der Waals surface area contributed by atoms with E-state index in [4.69, 9.17) is 4.74 Å². The second-order valence-corrected chi connectivity index (χ2v) is 6.97. The highest BCUT2D eigenvalue weighted by Crippen LogP contribution is 2.47. The van der Waals surface area contributed by atoms with Crippen LogP contribution in [0.25, 0.3) is 0 Å². The predicted octanol–water partition coefficient (Wildman–Crippen LogP) is 1.64. The van der Waals surface area contributed by atoms with E-state index in [1.165, 1.54) is 12.4 Å². The molecule has 2 amide bonds. The van der Waals surface area contributed by atoms with Crippen LogP contribution >= 0.6 is 0 Å². The van der Waals surface area contributed by atoms with Gasteiger partial charge < -0.3 is 14.5 Å². The molecule has 0 bridgehead atoms. The molecule has 7 heteroatoms. The van der Waals surface area contributed by atoms with E-state index in [1.807, 2.05) is 29.2 Å². The topological polar surface area (TPSA) is 75.6 Å². The number of carbonyl (C=O) groups excluding carboxylic acids is 2. The molecule has 2 aliphatic rings. The fraction of sp³-hybridized carbons (Fsp3) is 0.400. The Morgan fingerprint density at radius 2 is 1.96 bits per heavy atom. The molecule has 1 spiro atoms. The van der Waals surface area contributed by atoms with Gasteiger partial charge in [0.2, 0.25) is 5.91 Å². The zero-order valence-electron chi connectivity index (χ0n) is 15.3. The minimum Gasteiger partial charge on any atom is -0.383 e. The van der Waals surface area contributed by atoms with Gasteiger partial charge in [0, 0.05) is 32.4 Å². The van der Waals surface area contributed by atoms with Crippen LogP contribution in [0.3, 0.4) is 0 Å². The third-order valence-electron chi connectivity index (χ3n) is 5.62. The molecule has 0 atom stereocenters. The summed E-state index contributed by atoms with van der Waals surface area (Å²) in [6.07, 6.45) is 4.24. The van der Waals surface area contributed by atoms with Crippen molar-refractivity contribution in [3.05, 3.63) is 53.9 Å². The normalized spacial score (nSPS) is 18.0. The van der Waals surface area contributed by atoms with Crippen molar-refractivity contribution in [3.63, 3.8) is 0 Å². The molecular formula is C20H22N4O3. The van der Waals surface area contributed by atoms with E-state index in [-0.39, 0.29) is 11.8 Å². The first-order valence-electron chi connectivity index (χ1n) is 9.14. The van der Waals surface area contributed by atoms with Crippen LogP contribution in [-0.4, -0.2) is 60.3 Å². The number of methoxy groups -OCH3 is 1. The Kier molecular flexibility index (Phi) is 4.61. The van der Waals surface area contributed by atoms with E-state index < -0.39 is 5.41 Å². The van der Waals surface area contributed by atoms with Crippen molar-refractivity contribution in [1.82, 2.24) is 15.1 Å². The minimum atomic E-state index is -0.544. The predicted molar refractivity (Wildman–Crippen MR) is 99.5 cm³/mol. The Labute approximate surface area is 157 Å². The van der Waals surface area contributed by atoms with Crippen molar-refractivity contribution in [3.8, 4) is 0 Å². The van der Waals surface area contributed by atoms with E-state index in [2.05, 4.69) is 10.2 Å². The van der Waals surface area contributed by atoms with Gasteiger partial charge in [-0.3, -0.25) is 9.59 Å². The maximum atomic E-state index is 13.3. The van der Waals surface area contributed by atoms with Crippen molar-refractivity contribution in [2.24, 2.45) is 0 Å². The molecule has 27 heavy (non-hydrogen) atoms. The van der Waals surface area contributed by atoms with Crippen molar-refractivity contribution in [1.29, 1.82) is 0 Å². The molecule has 3 heterocycles. The molecule has 1 aromatic heterocycles. The van der Waals surface area contributed by atoms with Gasteiger partial charge in [-0.25, -0.2) is 0 Å². The maximum Gasteiger partial charge on any atom is 0.255 e. The summed E-state index contributed by atoms with van der Waals surface area (Å²) in [6.45, 7) is 2.12. The number of hydrogen-bond acceptors (Lipinski definition) is 5. The van der Waals surface area contributed by atoms with Crippen LogP contribution in [0.4, 0.5) is 5.69 Å². The molecule has 7 nitrogen and oxygen atoms in total. The van der Waals surface area contributed by atoms with Gasteiger partial charge in [-0.1, -0.05) is 18.2 Å². The number of likely N-dealkylation sites (tertiary alicyclic amines) is 1. The number of rotatable bonds is 4. The number of para-hydroxylation sites is 1. The number of piperidine rings is 1. The van der Waals surface area contributed by atoms with Crippen molar-refractivity contribution >= 4 is 17.5 Å². The summed E-state index contributed by atoms with van der Waals surface area (Å²) in [5.74, 6) is 0.0631. The first-order chi connectivity index (χ1) is 13.2. The Morgan fingerprint density at radius 1 is 1.19 bits per heavy atom. The lowest BCUT2D eigenvalue weighted by Crippen LogP contribution is -2.50. The van der Waals surface area contributed by atoms with Gasteiger partial charge in [-0.2, -0.15) is 10.2 Å². The SMILES string of the molecule is COCCN1C(=O)C2(CCN(C(=O)c3ccnnc3)CC2)c2ccccc21. The molecule has 0 saturated carbocycles. The first-order valence-corrected chi connectivity index (χ1v) is 9.14. The highest BCUT2D eigenvalue weighted by molar-refractivity contribution is 6.08. The minimum absolute atomic E-state index is 0.0604. The summed E-state index contributed by atoms with van der Waals surface area (Å²) in [4.78, 5) is 29.7. The maximum absolute atomic E-state index is 13.3. The molecule has 1 fully saturated rings. The number of hydrogen-bond donors (Lipinski definition) is 0. The van der Waals surface area contributed by atoms with E-state index in [1.54, 1.807) is 18.1 Å². The van der Waals surface area contributed by atoms with E-state index in [0.717, 1.165) is 11.3 Å². The van der Waals surface area contributed by atoms with Gasteiger partial charge in [0.1, 0.15) is 0 Å². The summed E-state index contributed by atoms with van der Waals surface area (Å²) in [7, 11) is 1.64. The van der Waals surface area contributed by atoms with Gasteiger partial charge in [0.05, 0.1) is 30.0 Å². The molecule has 0 radical (unpaired) electrons. The largest absolute Gasteiger partial charge is 0.383 e. The quantitative estimate of drug-likeness (QED) is 0.822. The lowest BCUT2D eigenvalue weighted by Gasteiger charge is -2.38. The highest BCUT2D eigenvalue weighted by atomic mass is 16.5. The zero-order valence-corrected chi connectivity index (χ0v) is 15.3. The van der Waals surface area contributed by atoms with E-state index >= 15 is 0 Å². The van der Waals surface area contributed by atoms with Crippen molar-refractivity contribution in [2.75, 3.05) is 38.3 Å². The van der Waals surface area contributed by atoms with Gasteiger partial charge in [0.25, 0.3) is 5.91 Å². The summed E-state index contributed by atoms with van der Waals surface area (Å²) in [5.41, 5.74) is 2.03. The van der Waals surface area contributed by atoms with Gasteiger partial charge >= 0.3 is 0 Å². The Bertz CT molecular complexity index is 847. The zero-order chi connectivity index (χ0) is 18.9. The molecule has 1 saturated heterocycles. The van der Waals surface area contributed by atoms with E-state index in [9.17, 15) is 9.59 Å². The summed E-state index contributed by atoms with van der Waals surface area (Å²) < 4.78 is 5.18. The number of amides is 2. The molecule has 140 valence electrons. The standard InChI is InChI=1S/C20H22N4O3/c1-27-13-12-24-17-5-3-2-4-16(17)20(19(24)26)7-10-23(11-8-20)18(25)15-6-9-21-22-14-15/h2-6,9,14H,7-8,10-13H2,1H3. The second kappa shape index (κ2) is 7.08. The van der Waals surface area contributed by atoms with Crippen LogP contribution in [0.15, 0.2) is 42.7 Å². The molecule has 0 aliphatic carbocycles. The van der Waals surface area contributed by atoms with Gasteiger partial charge in [-0.05, 0) is 30.5 Å². The van der Waals surface area contributed by atoms with Crippen LogP contribution in [-0.2, 0) is 14.9 Å². The fourth-order valence-electron chi connectivity index (χ4n) is 4.18. The average Bonchev–Trinajstić information content (AvgIpc) is 2.95. The average molecular weight is 366 g/mol.